The van der Waals surface area contributed by atoms with Crippen LogP contribution in [0.25, 0.3) is 0 Å². The SMILES string of the molecule is CC(C)(CCO)CNc1ccc(I)cc1[N+](=O)[O-]. The zero-order chi connectivity index (χ0) is 13.8. The number of hydrogen-bond donors (Lipinski definition) is 2. The van der Waals surface area contributed by atoms with Gasteiger partial charge in [-0.1, -0.05) is 13.8 Å². The van der Waals surface area contributed by atoms with Gasteiger partial charge in [-0.15, -0.1) is 0 Å². The third-order valence-corrected chi connectivity index (χ3v) is 3.37. The van der Waals surface area contributed by atoms with Crippen LogP contribution in [0.15, 0.2) is 18.2 Å². The van der Waals surface area contributed by atoms with Gasteiger partial charge in [0.1, 0.15) is 5.69 Å². The molecular weight excluding hydrogens is 347 g/mol. The van der Waals surface area contributed by atoms with Gasteiger partial charge in [0.15, 0.2) is 0 Å². The second kappa shape index (κ2) is 6.33. The molecular formula is C12H17IN2O3. The number of halogens is 1. The lowest BCUT2D eigenvalue weighted by Crippen LogP contribution is -2.24. The number of nitrogens with one attached hydrogen (secondary N) is 1. The van der Waals surface area contributed by atoms with E-state index in [1.807, 2.05) is 42.5 Å². The van der Waals surface area contributed by atoms with Crippen LogP contribution in [0, 0.1) is 19.1 Å². The Morgan fingerprint density at radius 1 is 1.50 bits per heavy atom. The Bertz CT molecular complexity index is 435. The zero-order valence-electron chi connectivity index (χ0n) is 10.4. The fourth-order valence-electron chi connectivity index (χ4n) is 1.53. The first kappa shape index (κ1) is 15.2. The van der Waals surface area contributed by atoms with Crippen LogP contribution in [0.1, 0.15) is 20.3 Å². The van der Waals surface area contributed by atoms with E-state index in [9.17, 15) is 10.1 Å². The van der Waals surface area contributed by atoms with Gasteiger partial charge < -0.3 is 10.4 Å². The van der Waals surface area contributed by atoms with E-state index in [4.69, 9.17) is 5.11 Å². The second-order valence-electron chi connectivity index (χ2n) is 4.91. The van der Waals surface area contributed by atoms with Crippen molar-refractivity contribution in [1.29, 1.82) is 0 Å². The Kier molecular flexibility index (Phi) is 5.33. The molecule has 0 heterocycles. The summed E-state index contributed by atoms with van der Waals surface area (Å²) in [4.78, 5) is 10.6. The van der Waals surface area contributed by atoms with Crippen LogP contribution in [0.4, 0.5) is 11.4 Å². The van der Waals surface area contributed by atoms with Gasteiger partial charge in [0.05, 0.1) is 4.92 Å². The Morgan fingerprint density at radius 3 is 2.72 bits per heavy atom. The average molecular weight is 364 g/mol. The molecule has 0 aliphatic rings. The van der Waals surface area contributed by atoms with Crippen molar-refractivity contribution >= 4 is 34.0 Å². The maximum atomic E-state index is 10.9. The van der Waals surface area contributed by atoms with Gasteiger partial charge in [-0.2, -0.15) is 0 Å². The molecule has 0 aliphatic heterocycles. The van der Waals surface area contributed by atoms with Gasteiger partial charge in [0.25, 0.3) is 5.69 Å². The van der Waals surface area contributed by atoms with Crippen molar-refractivity contribution in [3.8, 4) is 0 Å². The smallest absolute Gasteiger partial charge is 0.293 e. The number of aliphatic hydroxyl groups excluding tert-OH is 1. The van der Waals surface area contributed by atoms with E-state index >= 15 is 0 Å². The number of nitro groups is 1. The number of rotatable bonds is 6. The summed E-state index contributed by atoms with van der Waals surface area (Å²) in [7, 11) is 0. The number of benzene rings is 1. The topological polar surface area (TPSA) is 75.4 Å². The summed E-state index contributed by atoms with van der Waals surface area (Å²) in [5.74, 6) is 0. The molecule has 5 nitrogen and oxygen atoms in total. The molecule has 0 unspecified atom stereocenters. The Hall–Kier alpha value is -0.890. The van der Waals surface area contributed by atoms with Crippen molar-refractivity contribution in [1.82, 2.24) is 0 Å². The minimum absolute atomic E-state index is 0.0849. The summed E-state index contributed by atoms with van der Waals surface area (Å²) in [5, 5.41) is 23.0. The highest BCUT2D eigenvalue weighted by molar-refractivity contribution is 14.1. The van der Waals surface area contributed by atoms with Gasteiger partial charge in [-0.25, -0.2) is 0 Å². The first-order valence-corrected chi connectivity index (χ1v) is 6.72. The Labute approximate surface area is 120 Å². The van der Waals surface area contributed by atoms with E-state index in [0.29, 0.717) is 18.7 Å². The van der Waals surface area contributed by atoms with Crippen molar-refractivity contribution in [2.75, 3.05) is 18.5 Å². The van der Waals surface area contributed by atoms with Gasteiger partial charge in [0, 0.05) is 22.8 Å². The van der Waals surface area contributed by atoms with Crippen molar-refractivity contribution in [2.45, 2.75) is 20.3 Å². The molecule has 1 aromatic rings. The predicted molar refractivity (Wildman–Crippen MR) is 79.8 cm³/mol. The lowest BCUT2D eigenvalue weighted by Gasteiger charge is -2.24. The molecule has 0 radical (unpaired) electrons. The summed E-state index contributed by atoms with van der Waals surface area (Å²) in [6.07, 6.45) is 0.651. The molecule has 0 atom stereocenters. The third kappa shape index (κ3) is 4.41. The zero-order valence-corrected chi connectivity index (χ0v) is 12.6. The standard InChI is InChI=1S/C12H17IN2O3/c1-12(2,5-6-16)8-14-10-4-3-9(13)7-11(10)15(17)18/h3-4,7,14,16H,5-6,8H2,1-2H3. The maximum absolute atomic E-state index is 10.9. The quantitative estimate of drug-likeness (QED) is 0.462. The van der Waals surface area contributed by atoms with Gasteiger partial charge in [-0.05, 0) is 46.6 Å². The minimum atomic E-state index is -0.385. The Balaban J connectivity index is 2.82. The van der Waals surface area contributed by atoms with Gasteiger partial charge >= 0.3 is 0 Å². The summed E-state index contributed by atoms with van der Waals surface area (Å²) in [6.45, 7) is 4.71. The molecule has 2 N–H and O–H groups in total. The highest BCUT2D eigenvalue weighted by Crippen LogP contribution is 2.28. The molecule has 100 valence electrons. The molecule has 0 amide bonds. The first-order chi connectivity index (χ1) is 8.35. The number of nitrogens with zero attached hydrogens (tertiary/aromatic N) is 1. The molecule has 1 aromatic carbocycles. The molecule has 18 heavy (non-hydrogen) atoms. The van der Waals surface area contributed by atoms with E-state index in [1.165, 1.54) is 0 Å². The number of nitro benzene ring substituents is 1. The van der Waals surface area contributed by atoms with Crippen LogP contribution in [0.5, 0.6) is 0 Å². The lowest BCUT2D eigenvalue weighted by atomic mass is 9.89. The van der Waals surface area contributed by atoms with Crippen LogP contribution in [-0.4, -0.2) is 23.2 Å². The highest BCUT2D eigenvalue weighted by Gasteiger charge is 2.20. The van der Waals surface area contributed by atoms with Crippen molar-refractivity contribution in [3.05, 3.63) is 31.9 Å². The molecule has 6 heteroatoms. The maximum Gasteiger partial charge on any atom is 0.293 e. The molecule has 0 bridgehead atoms. The molecule has 0 fully saturated rings. The minimum Gasteiger partial charge on any atom is -0.396 e. The Morgan fingerprint density at radius 2 is 2.17 bits per heavy atom. The summed E-state index contributed by atoms with van der Waals surface area (Å²) < 4.78 is 0.833. The number of hydrogen-bond acceptors (Lipinski definition) is 4. The summed E-state index contributed by atoms with van der Waals surface area (Å²) in [5.41, 5.74) is 0.499. The van der Waals surface area contributed by atoms with Crippen LogP contribution >= 0.6 is 22.6 Å². The highest BCUT2D eigenvalue weighted by atomic mass is 127. The van der Waals surface area contributed by atoms with E-state index in [2.05, 4.69) is 5.32 Å². The largest absolute Gasteiger partial charge is 0.396 e. The van der Waals surface area contributed by atoms with E-state index < -0.39 is 0 Å². The molecule has 0 spiro atoms. The van der Waals surface area contributed by atoms with Gasteiger partial charge in [-0.3, -0.25) is 10.1 Å². The summed E-state index contributed by atoms with van der Waals surface area (Å²) in [6, 6.07) is 5.09. The van der Waals surface area contributed by atoms with Crippen molar-refractivity contribution in [3.63, 3.8) is 0 Å². The van der Waals surface area contributed by atoms with Crippen LogP contribution in [0.3, 0.4) is 0 Å². The second-order valence-corrected chi connectivity index (χ2v) is 6.16. The van der Waals surface area contributed by atoms with Crippen LogP contribution in [-0.2, 0) is 0 Å². The van der Waals surface area contributed by atoms with Gasteiger partial charge in [0.2, 0.25) is 0 Å². The number of anilines is 1. The van der Waals surface area contributed by atoms with E-state index in [1.54, 1.807) is 12.1 Å². The molecule has 0 saturated heterocycles. The lowest BCUT2D eigenvalue weighted by molar-refractivity contribution is -0.384. The van der Waals surface area contributed by atoms with Crippen molar-refractivity contribution in [2.24, 2.45) is 5.41 Å². The van der Waals surface area contributed by atoms with E-state index in [-0.39, 0.29) is 22.6 Å². The van der Waals surface area contributed by atoms with Crippen LogP contribution in [0.2, 0.25) is 0 Å². The fraction of sp³-hybridized carbons (Fsp3) is 0.500. The molecule has 0 aromatic heterocycles. The normalized spacial score (nSPS) is 11.3. The monoisotopic (exact) mass is 364 g/mol. The first-order valence-electron chi connectivity index (χ1n) is 5.64. The average Bonchev–Trinajstić information content (AvgIpc) is 2.27. The van der Waals surface area contributed by atoms with Crippen LogP contribution < -0.4 is 5.32 Å². The fourth-order valence-corrected chi connectivity index (χ4v) is 2.01. The third-order valence-electron chi connectivity index (χ3n) is 2.70. The van der Waals surface area contributed by atoms with E-state index in [0.717, 1.165) is 3.57 Å². The molecule has 1 rings (SSSR count). The number of aliphatic hydroxyl groups is 1. The summed E-state index contributed by atoms with van der Waals surface area (Å²) >= 11 is 2.05. The van der Waals surface area contributed by atoms with Crippen molar-refractivity contribution < 1.29 is 10.0 Å². The molecule has 0 aliphatic carbocycles. The molecule has 0 saturated carbocycles. The predicted octanol–water partition coefficient (Wildman–Crippen LogP) is 3.02.